The summed E-state index contributed by atoms with van der Waals surface area (Å²) in [6.07, 6.45) is -4.14. The zero-order chi connectivity index (χ0) is 12.0. The van der Waals surface area contributed by atoms with Crippen LogP contribution in [-0.4, -0.2) is 27.9 Å². The Balaban J connectivity index is 2.38. The summed E-state index contributed by atoms with van der Waals surface area (Å²) in [7, 11) is 0. The Hall–Kier alpha value is -0.0400. The topological polar surface area (TPSA) is 26.3 Å². The SMILES string of the molecule is CC1(C(F)(F)F)CC(=O)OC12SCCCS2. The molecule has 0 aromatic heterocycles. The highest BCUT2D eigenvalue weighted by atomic mass is 32.2. The van der Waals surface area contributed by atoms with Gasteiger partial charge < -0.3 is 4.74 Å². The summed E-state index contributed by atoms with van der Waals surface area (Å²) in [5, 5.41) is 0. The zero-order valence-corrected chi connectivity index (χ0v) is 10.2. The van der Waals surface area contributed by atoms with Gasteiger partial charge in [-0.2, -0.15) is 13.2 Å². The van der Waals surface area contributed by atoms with E-state index in [9.17, 15) is 18.0 Å². The van der Waals surface area contributed by atoms with Gasteiger partial charge in [-0.15, -0.1) is 23.5 Å². The van der Waals surface area contributed by atoms with Crippen molar-refractivity contribution < 1.29 is 22.7 Å². The Morgan fingerprint density at radius 2 is 1.88 bits per heavy atom. The Morgan fingerprint density at radius 3 is 2.38 bits per heavy atom. The number of carbonyl (C=O) groups excluding carboxylic acids is 1. The third kappa shape index (κ3) is 1.63. The van der Waals surface area contributed by atoms with Crippen LogP contribution in [0, 0.1) is 5.41 Å². The van der Waals surface area contributed by atoms with Crippen molar-refractivity contribution >= 4 is 29.5 Å². The number of alkyl halides is 3. The van der Waals surface area contributed by atoms with Crippen LogP contribution in [0.25, 0.3) is 0 Å². The molecule has 0 aromatic rings. The fourth-order valence-corrected chi connectivity index (χ4v) is 5.31. The van der Waals surface area contributed by atoms with Gasteiger partial charge in [0.05, 0.1) is 6.42 Å². The van der Waals surface area contributed by atoms with Crippen molar-refractivity contribution in [2.75, 3.05) is 11.5 Å². The van der Waals surface area contributed by atoms with Crippen molar-refractivity contribution in [1.29, 1.82) is 0 Å². The molecule has 0 bridgehead atoms. The second kappa shape index (κ2) is 3.73. The number of esters is 1. The van der Waals surface area contributed by atoms with Crippen LogP contribution < -0.4 is 0 Å². The molecule has 0 radical (unpaired) electrons. The molecule has 7 heteroatoms. The molecule has 0 aromatic carbocycles. The van der Waals surface area contributed by atoms with Gasteiger partial charge in [-0.05, 0) is 24.9 Å². The standard InChI is InChI=1S/C9H11F3O2S2/c1-7(8(10,11)12)5-6(13)14-9(7)15-3-2-4-16-9/h2-5H2,1H3. The largest absolute Gasteiger partial charge is 0.437 e. The quantitative estimate of drug-likeness (QED) is 0.633. The maximum Gasteiger partial charge on any atom is 0.400 e. The van der Waals surface area contributed by atoms with Gasteiger partial charge in [0.2, 0.25) is 4.27 Å². The Labute approximate surface area is 99.7 Å². The predicted molar refractivity (Wildman–Crippen MR) is 57.1 cm³/mol. The van der Waals surface area contributed by atoms with Crippen molar-refractivity contribution in [2.45, 2.75) is 30.2 Å². The van der Waals surface area contributed by atoms with Crippen LogP contribution in [-0.2, 0) is 9.53 Å². The van der Waals surface area contributed by atoms with Gasteiger partial charge in [0.25, 0.3) is 0 Å². The first-order valence-electron chi connectivity index (χ1n) is 4.87. The Morgan fingerprint density at radius 1 is 1.31 bits per heavy atom. The van der Waals surface area contributed by atoms with Gasteiger partial charge in [0, 0.05) is 0 Å². The number of halogens is 3. The maximum absolute atomic E-state index is 13.1. The first-order valence-corrected chi connectivity index (χ1v) is 6.84. The summed E-state index contributed by atoms with van der Waals surface area (Å²) in [6.45, 7) is 1.09. The molecule has 0 saturated carbocycles. The van der Waals surface area contributed by atoms with Gasteiger partial charge in [-0.25, -0.2) is 0 Å². The molecule has 1 spiro atoms. The van der Waals surface area contributed by atoms with Gasteiger partial charge in [-0.3, -0.25) is 4.79 Å². The fraction of sp³-hybridized carbons (Fsp3) is 0.889. The first kappa shape index (κ1) is 12.4. The normalized spacial score (nSPS) is 34.1. The lowest BCUT2D eigenvalue weighted by molar-refractivity contribution is -0.225. The number of carbonyl (C=O) groups is 1. The molecule has 2 nitrogen and oxygen atoms in total. The minimum atomic E-state index is -4.42. The Kier molecular flexibility index (Phi) is 2.89. The van der Waals surface area contributed by atoms with E-state index in [-0.39, 0.29) is 0 Å². The summed E-state index contributed by atoms with van der Waals surface area (Å²) in [4.78, 5) is 11.2. The van der Waals surface area contributed by atoms with E-state index in [1.54, 1.807) is 0 Å². The third-order valence-corrected chi connectivity index (χ3v) is 6.44. The second-order valence-electron chi connectivity index (χ2n) is 4.09. The summed E-state index contributed by atoms with van der Waals surface area (Å²) >= 11 is 2.22. The average Bonchev–Trinajstić information content (AvgIpc) is 2.39. The molecule has 2 heterocycles. The van der Waals surface area contributed by atoms with Crippen molar-refractivity contribution in [3.05, 3.63) is 0 Å². The van der Waals surface area contributed by atoms with E-state index >= 15 is 0 Å². The van der Waals surface area contributed by atoms with Crippen LogP contribution in [0.5, 0.6) is 0 Å². The second-order valence-corrected chi connectivity index (χ2v) is 6.89. The fourth-order valence-electron chi connectivity index (χ4n) is 1.86. The van der Waals surface area contributed by atoms with E-state index in [0.29, 0.717) is 11.5 Å². The molecule has 92 valence electrons. The lowest BCUT2D eigenvalue weighted by Gasteiger charge is -2.42. The molecule has 2 aliphatic rings. The molecule has 2 rings (SSSR count). The highest BCUT2D eigenvalue weighted by Crippen LogP contribution is 2.65. The molecule has 0 N–H and O–H groups in total. The molecule has 16 heavy (non-hydrogen) atoms. The van der Waals surface area contributed by atoms with E-state index in [4.69, 9.17) is 4.74 Å². The minimum Gasteiger partial charge on any atom is -0.437 e. The van der Waals surface area contributed by atoms with Crippen LogP contribution >= 0.6 is 23.5 Å². The average molecular weight is 272 g/mol. The van der Waals surface area contributed by atoms with E-state index in [1.807, 2.05) is 0 Å². The van der Waals surface area contributed by atoms with E-state index in [1.165, 1.54) is 0 Å². The van der Waals surface area contributed by atoms with Crippen molar-refractivity contribution in [3.8, 4) is 0 Å². The van der Waals surface area contributed by atoms with Crippen LogP contribution in [0.1, 0.15) is 19.8 Å². The van der Waals surface area contributed by atoms with Crippen molar-refractivity contribution in [1.82, 2.24) is 0 Å². The summed E-state index contributed by atoms with van der Waals surface area (Å²) < 4.78 is 42.8. The van der Waals surface area contributed by atoms with E-state index in [0.717, 1.165) is 36.9 Å². The molecule has 1 atom stereocenters. The zero-order valence-electron chi connectivity index (χ0n) is 8.60. The lowest BCUT2D eigenvalue weighted by Crippen LogP contribution is -2.49. The smallest absolute Gasteiger partial charge is 0.400 e. The van der Waals surface area contributed by atoms with Crippen LogP contribution in [0.2, 0.25) is 0 Å². The third-order valence-electron chi connectivity index (χ3n) is 2.92. The number of rotatable bonds is 0. The van der Waals surface area contributed by atoms with Crippen LogP contribution in [0.4, 0.5) is 13.2 Å². The molecule has 2 aliphatic heterocycles. The predicted octanol–water partition coefficient (Wildman–Crippen LogP) is 3.03. The van der Waals surface area contributed by atoms with Crippen LogP contribution in [0.3, 0.4) is 0 Å². The number of hydrogen-bond donors (Lipinski definition) is 0. The number of ether oxygens (including phenoxy) is 1. The highest BCUT2D eigenvalue weighted by Gasteiger charge is 2.71. The van der Waals surface area contributed by atoms with E-state index in [2.05, 4.69) is 0 Å². The van der Waals surface area contributed by atoms with Crippen LogP contribution in [0.15, 0.2) is 0 Å². The molecule has 2 saturated heterocycles. The maximum atomic E-state index is 13.1. The van der Waals surface area contributed by atoms with E-state index < -0.39 is 28.2 Å². The van der Waals surface area contributed by atoms with Gasteiger partial charge in [-0.1, -0.05) is 0 Å². The monoisotopic (exact) mass is 272 g/mol. The highest BCUT2D eigenvalue weighted by molar-refractivity contribution is 8.18. The first-order chi connectivity index (χ1) is 7.31. The minimum absolute atomic E-state index is 0.573. The Bertz CT molecular complexity index is 312. The van der Waals surface area contributed by atoms with Crippen molar-refractivity contribution in [3.63, 3.8) is 0 Å². The van der Waals surface area contributed by atoms with Gasteiger partial charge in [0.15, 0.2) is 0 Å². The number of thioether (sulfide) groups is 2. The molecule has 0 amide bonds. The van der Waals surface area contributed by atoms with Gasteiger partial charge >= 0.3 is 12.1 Å². The summed E-state index contributed by atoms with van der Waals surface area (Å²) in [6, 6.07) is 0. The molecular formula is C9H11F3O2S2. The summed E-state index contributed by atoms with van der Waals surface area (Å²) in [5.41, 5.74) is -2.08. The van der Waals surface area contributed by atoms with Crippen molar-refractivity contribution in [2.24, 2.45) is 5.41 Å². The molecule has 0 aliphatic carbocycles. The number of hydrogen-bond acceptors (Lipinski definition) is 4. The summed E-state index contributed by atoms with van der Waals surface area (Å²) in [5.74, 6) is 0.458. The van der Waals surface area contributed by atoms with Gasteiger partial charge in [0.1, 0.15) is 5.41 Å². The molecule has 2 fully saturated rings. The molecular weight excluding hydrogens is 261 g/mol. The molecule has 1 unspecified atom stereocenters. The lowest BCUT2D eigenvalue weighted by atomic mass is 9.88.